The van der Waals surface area contributed by atoms with Crippen LogP contribution in [0.15, 0.2) is 42.9 Å². The van der Waals surface area contributed by atoms with Gasteiger partial charge in [0, 0.05) is 51.1 Å². The summed E-state index contributed by atoms with van der Waals surface area (Å²) in [7, 11) is 1.61. The summed E-state index contributed by atoms with van der Waals surface area (Å²) in [5, 5.41) is 2.60. The number of aromatic nitrogens is 2. The van der Waals surface area contributed by atoms with Crippen molar-refractivity contribution in [3.8, 4) is 0 Å². The first kappa shape index (κ1) is 25.6. The number of nitrogens with zero attached hydrogens (tertiary/aromatic N) is 3. The van der Waals surface area contributed by atoms with Crippen molar-refractivity contribution in [2.45, 2.75) is 38.0 Å². The number of halogens is 4. The molecule has 1 N–H and O–H groups in total. The number of fused-ring (bicyclic) bond motifs is 1. The number of carbonyl (C=O) groups excluding carboxylic acids is 2. The van der Waals surface area contributed by atoms with Gasteiger partial charge in [-0.3, -0.25) is 14.6 Å². The number of nitrogens with one attached hydrogen (secondary N) is 1. The zero-order chi connectivity index (χ0) is 25.9. The number of rotatable bonds is 7. The van der Waals surface area contributed by atoms with E-state index in [4.69, 9.17) is 4.74 Å². The molecule has 1 fully saturated rings. The van der Waals surface area contributed by atoms with Crippen LogP contribution < -0.4 is 5.32 Å². The normalized spacial score (nSPS) is 14.9. The van der Waals surface area contributed by atoms with Gasteiger partial charge in [-0.2, -0.15) is 13.2 Å². The maximum absolute atomic E-state index is 14.6. The molecule has 11 heteroatoms. The van der Waals surface area contributed by atoms with Crippen molar-refractivity contribution in [1.82, 2.24) is 19.8 Å². The molecular weight excluding hydrogens is 480 g/mol. The van der Waals surface area contributed by atoms with E-state index in [1.165, 1.54) is 18.2 Å². The molecule has 0 saturated carbocycles. The topological polar surface area (TPSA) is 76.5 Å². The van der Waals surface area contributed by atoms with E-state index in [0.717, 1.165) is 10.9 Å². The molecule has 1 aliphatic rings. The van der Waals surface area contributed by atoms with E-state index in [9.17, 15) is 27.2 Å². The standard InChI is InChI=1S/C25H26F4N4O3/c1-36-11-10-33-15-20(18-4-7-30-14-22(18)33)23(34)32-8-5-17(6-9-32)19-12-16(2-3-21(19)26)13-31-24(35)25(27,28)29/h2-4,7,12,14-15,17H,5-6,8-11,13H2,1H3,(H,31,35). The summed E-state index contributed by atoms with van der Waals surface area (Å²) < 4.78 is 59.0. The fourth-order valence-corrected chi connectivity index (χ4v) is 4.55. The summed E-state index contributed by atoms with van der Waals surface area (Å²) >= 11 is 0. The van der Waals surface area contributed by atoms with Crippen molar-refractivity contribution in [1.29, 1.82) is 0 Å². The lowest BCUT2D eigenvalue weighted by Crippen LogP contribution is -2.38. The van der Waals surface area contributed by atoms with Gasteiger partial charge in [-0.1, -0.05) is 12.1 Å². The predicted molar refractivity (Wildman–Crippen MR) is 124 cm³/mol. The number of pyridine rings is 1. The Labute approximate surface area is 205 Å². The van der Waals surface area contributed by atoms with Crippen molar-refractivity contribution in [2.75, 3.05) is 26.8 Å². The fourth-order valence-electron chi connectivity index (χ4n) is 4.55. The third-order valence-corrected chi connectivity index (χ3v) is 6.44. The first-order chi connectivity index (χ1) is 17.2. The van der Waals surface area contributed by atoms with Gasteiger partial charge in [-0.05, 0) is 42.0 Å². The number of benzene rings is 1. The van der Waals surface area contributed by atoms with Crippen LogP contribution in [0.1, 0.15) is 40.2 Å². The average Bonchev–Trinajstić information content (AvgIpc) is 3.24. The molecule has 4 rings (SSSR count). The van der Waals surface area contributed by atoms with E-state index in [1.807, 2.05) is 4.57 Å². The summed E-state index contributed by atoms with van der Waals surface area (Å²) in [6.45, 7) is 1.53. The van der Waals surface area contributed by atoms with Crippen molar-refractivity contribution in [3.63, 3.8) is 0 Å². The van der Waals surface area contributed by atoms with Gasteiger partial charge in [0.2, 0.25) is 0 Å². The third kappa shape index (κ3) is 5.51. The molecule has 1 saturated heterocycles. The number of hydrogen-bond acceptors (Lipinski definition) is 4. The fraction of sp³-hybridized carbons (Fsp3) is 0.400. The quantitative estimate of drug-likeness (QED) is 0.492. The van der Waals surface area contributed by atoms with Crippen LogP contribution in [-0.2, 0) is 22.6 Å². The van der Waals surface area contributed by atoms with Gasteiger partial charge < -0.3 is 19.5 Å². The minimum Gasteiger partial charge on any atom is -0.383 e. The lowest BCUT2D eigenvalue weighted by molar-refractivity contribution is -0.173. The van der Waals surface area contributed by atoms with Crippen LogP contribution >= 0.6 is 0 Å². The van der Waals surface area contributed by atoms with Crippen LogP contribution in [-0.4, -0.2) is 59.2 Å². The number of ether oxygens (including phenoxy) is 1. The van der Waals surface area contributed by atoms with Crippen LogP contribution in [0, 0.1) is 5.82 Å². The van der Waals surface area contributed by atoms with E-state index in [-0.39, 0.29) is 18.4 Å². The second-order valence-electron chi connectivity index (χ2n) is 8.72. The van der Waals surface area contributed by atoms with Crippen LogP contribution in [0.5, 0.6) is 0 Å². The van der Waals surface area contributed by atoms with Crippen molar-refractivity contribution >= 4 is 22.7 Å². The monoisotopic (exact) mass is 506 g/mol. The number of piperidine rings is 1. The number of amides is 2. The maximum atomic E-state index is 14.6. The first-order valence-corrected chi connectivity index (χ1v) is 11.5. The molecule has 0 spiro atoms. The molecule has 0 atom stereocenters. The van der Waals surface area contributed by atoms with Crippen molar-refractivity contribution in [2.24, 2.45) is 0 Å². The Morgan fingerprint density at radius 3 is 2.64 bits per heavy atom. The van der Waals surface area contributed by atoms with E-state index in [2.05, 4.69) is 4.98 Å². The predicted octanol–water partition coefficient (Wildman–Crippen LogP) is 4.02. The van der Waals surface area contributed by atoms with Gasteiger partial charge in [0.15, 0.2) is 0 Å². The molecule has 1 aromatic carbocycles. The Kier molecular flexibility index (Phi) is 7.58. The minimum atomic E-state index is -4.98. The van der Waals surface area contributed by atoms with Crippen molar-refractivity contribution < 1.29 is 31.9 Å². The van der Waals surface area contributed by atoms with E-state index in [1.54, 1.807) is 42.0 Å². The molecule has 0 bridgehead atoms. The summed E-state index contributed by atoms with van der Waals surface area (Å²) in [6, 6.07) is 5.84. The number of likely N-dealkylation sites (tertiary alicyclic amines) is 1. The Morgan fingerprint density at radius 2 is 1.94 bits per heavy atom. The number of carbonyl (C=O) groups is 2. The largest absolute Gasteiger partial charge is 0.471 e. The second-order valence-corrected chi connectivity index (χ2v) is 8.72. The van der Waals surface area contributed by atoms with E-state index >= 15 is 0 Å². The molecular formula is C25H26F4N4O3. The van der Waals surface area contributed by atoms with Crippen LogP contribution in [0.2, 0.25) is 0 Å². The van der Waals surface area contributed by atoms with Gasteiger partial charge in [0.1, 0.15) is 5.82 Å². The highest BCUT2D eigenvalue weighted by Crippen LogP contribution is 2.32. The molecule has 1 aliphatic heterocycles. The highest BCUT2D eigenvalue weighted by atomic mass is 19.4. The lowest BCUT2D eigenvalue weighted by atomic mass is 9.88. The van der Waals surface area contributed by atoms with Gasteiger partial charge in [0.05, 0.1) is 23.9 Å². The Morgan fingerprint density at radius 1 is 1.19 bits per heavy atom. The van der Waals surface area contributed by atoms with Crippen LogP contribution in [0.25, 0.3) is 10.9 Å². The zero-order valence-electron chi connectivity index (χ0n) is 19.6. The highest BCUT2D eigenvalue weighted by molar-refractivity contribution is 6.06. The Bertz CT molecular complexity index is 1250. The molecule has 7 nitrogen and oxygen atoms in total. The maximum Gasteiger partial charge on any atom is 0.471 e. The van der Waals surface area contributed by atoms with Gasteiger partial charge in [0.25, 0.3) is 5.91 Å². The molecule has 36 heavy (non-hydrogen) atoms. The molecule has 192 valence electrons. The van der Waals surface area contributed by atoms with E-state index in [0.29, 0.717) is 55.8 Å². The molecule has 2 amide bonds. The summed E-state index contributed by atoms with van der Waals surface area (Å²) in [5.74, 6) is -2.82. The van der Waals surface area contributed by atoms with Gasteiger partial charge in [-0.25, -0.2) is 4.39 Å². The molecule has 2 aromatic heterocycles. The average molecular weight is 507 g/mol. The Balaban J connectivity index is 1.44. The van der Waals surface area contributed by atoms with Gasteiger partial charge >= 0.3 is 12.1 Å². The first-order valence-electron chi connectivity index (χ1n) is 11.5. The molecule has 3 aromatic rings. The van der Waals surface area contributed by atoms with Crippen LogP contribution in [0.4, 0.5) is 17.6 Å². The van der Waals surface area contributed by atoms with E-state index < -0.39 is 17.9 Å². The second kappa shape index (κ2) is 10.7. The SMILES string of the molecule is COCCn1cc(C(=O)N2CCC(c3cc(CNC(=O)C(F)(F)F)ccc3F)CC2)c2ccncc21. The molecule has 3 heterocycles. The summed E-state index contributed by atoms with van der Waals surface area (Å²) in [5.41, 5.74) is 2.16. The van der Waals surface area contributed by atoms with Crippen molar-refractivity contribution in [3.05, 3.63) is 65.4 Å². The number of hydrogen-bond donors (Lipinski definition) is 1. The number of alkyl halides is 3. The summed E-state index contributed by atoms with van der Waals surface area (Å²) in [6.07, 6.45) is 1.18. The molecule has 0 radical (unpaired) electrons. The lowest BCUT2D eigenvalue weighted by Gasteiger charge is -2.32. The zero-order valence-corrected chi connectivity index (χ0v) is 19.6. The molecule has 0 unspecified atom stereocenters. The van der Waals surface area contributed by atoms with Gasteiger partial charge in [-0.15, -0.1) is 0 Å². The smallest absolute Gasteiger partial charge is 0.383 e. The number of methoxy groups -OCH3 is 1. The molecule has 0 aliphatic carbocycles. The summed E-state index contributed by atoms with van der Waals surface area (Å²) in [4.78, 5) is 30.3. The van der Waals surface area contributed by atoms with Crippen LogP contribution in [0.3, 0.4) is 0 Å². The minimum absolute atomic E-state index is 0.120. The highest BCUT2D eigenvalue weighted by Gasteiger charge is 2.38. The third-order valence-electron chi connectivity index (χ3n) is 6.44. The Hall–Kier alpha value is -3.47.